The van der Waals surface area contributed by atoms with Gasteiger partial charge in [-0.15, -0.1) is 0 Å². The van der Waals surface area contributed by atoms with Crippen LogP contribution in [0.1, 0.15) is 46.5 Å². The Morgan fingerprint density at radius 3 is 2.71 bits per heavy atom. The van der Waals surface area contributed by atoms with Crippen LogP contribution in [0.3, 0.4) is 0 Å². The smallest absolute Gasteiger partial charge is 0.407 e. The summed E-state index contributed by atoms with van der Waals surface area (Å²) in [6.07, 6.45) is 3.65. The summed E-state index contributed by atoms with van der Waals surface area (Å²) < 4.78 is 0. The van der Waals surface area contributed by atoms with Crippen molar-refractivity contribution in [2.75, 3.05) is 13.1 Å². The fourth-order valence-electron chi connectivity index (χ4n) is 3.24. The highest BCUT2D eigenvalue weighted by molar-refractivity contribution is 5.65. The van der Waals surface area contributed by atoms with Crippen LogP contribution < -0.4 is 5.32 Å². The first-order chi connectivity index (χ1) is 7.84. The lowest BCUT2D eigenvalue weighted by molar-refractivity contribution is 0.0595. The predicted octanol–water partition coefficient (Wildman–Crippen LogP) is 2.30. The molecule has 98 valence electrons. The standard InChI is InChI=1S/C13H24N2O2/c1-12(2,3)13-7-4-5-10(14-13)6-8-15(9-13)11(16)17/h10,14H,4-9H2,1-3H3,(H,16,17). The maximum absolute atomic E-state index is 11.3. The summed E-state index contributed by atoms with van der Waals surface area (Å²) in [6, 6.07) is 0.493. The summed E-state index contributed by atoms with van der Waals surface area (Å²) in [6.45, 7) is 7.95. The van der Waals surface area contributed by atoms with Gasteiger partial charge in [0, 0.05) is 24.7 Å². The first-order valence-electron chi connectivity index (χ1n) is 6.60. The number of carbonyl (C=O) groups is 1. The van der Waals surface area contributed by atoms with Gasteiger partial charge in [-0.2, -0.15) is 0 Å². The molecule has 0 spiro atoms. The molecule has 0 aliphatic carbocycles. The quantitative estimate of drug-likeness (QED) is 0.683. The van der Waals surface area contributed by atoms with Gasteiger partial charge in [0.05, 0.1) is 0 Å². The molecule has 4 heteroatoms. The summed E-state index contributed by atoms with van der Waals surface area (Å²) in [5.41, 5.74) is 0.0362. The third-order valence-electron chi connectivity index (χ3n) is 4.55. The molecule has 2 aliphatic rings. The van der Waals surface area contributed by atoms with Gasteiger partial charge >= 0.3 is 6.09 Å². The molecule has 0 saturated carbocycles. The fourth-order valence-corrected chi connectivity index (χ4v) is 3.24. The van der Waals surface area contributed by atoms with Crippen molar-refractivity contribution in [3.63, 3.8) is 0 Å². The molecule has 4 nitrogen and oxygen atoms in total. The number of hydrogen-bond acceptors (Lipinski definition) is 2. The van der Waals surface area contributed by atoms with Gasteiger partial charge in [0.15, 0.2) is 0 Å². The average molecular weight is 240 g/mol. The van der Waals surface area contributed by atoms with E-state index in [-0.39, 0.29) is 11.0 Å². The van der Waals surface area contributed by atoms with E-state index in [1.807, 2.05) is 0 Å². The largest absolute Gasteiger partial charge is 0.465 e. The molecule has 2 rings (SSSR count). The molecule has 2 saturated heterocycles. The van der Waals surface area contributed by atoms with Crippen LogP contribution in [0.15, 0.2) is 0 Å². The second kappa shape index (κ2) is 4.16. The van der Waals surface area contributed by atoms with Crippen LogP contribution in [0, 0.1) is 5.41 Å². The van der Waals surface area contributed by atoms with E-state index in [4.69, 9.17) is 0 Å². The molecule has 0 aromatic rings. The summed E-state index contributed by atoms with van der Waals surface area (Å²) >= 11 is 0. The topological polar surface area (TPSA) is 52.6 Å². The molecule has 2 atom stereocenters. The minimum absolute atomic E-state index is 0.0508. The molecule has 17 heavy (non-hydrogen) atoms. The molecule has 0 aromatic heterocycles. The van der Waals surface area contributed by atoms with Crippen molar-refractivity contribution in [1.82, 2.24) is 10.2 Å². The normalized spacial score (nSPS) is 34.3. The zero-order valence-corrected chi connectivity index (χ0v) is 11.1. The maximum Gasteiger partial charge on any atom is 0.407 e. The maximum atomic E-state index is 11.3. The zero-order chi connectivity index (χ0) is 12.7. The summed E-state index contributed by atoms with van der Waals surface area (Å²) in [5, 5.41) is 13.0. The molecule has 2 bridgehead atoms. The summed E-state index contributed by atoms with van der Waals surface area (Å²) in [5.74, 6) is 0. The average Bonchev–Trinajstić information content (AvgIpc) is 2.35. The van der Waals surface area contributed by atoms with E-state index in [0.717, 1.165) is 12.8 Å². The lowest BCUT2D eigenvalue weighted by Gasteiger charge is -2.50. The van der Waals surface area contributed by atoms with Crippen molar-refractivity contribution >= 4 is 6.09 Å². The molecule has 2 fully saturated rings. The van der Waals surface area contributed by atoms with Gasteiger partial charge in [-0.25, -0.2) is 4.79 Å². The second-order valence-electron chi connectivity index (χ2n) is 6.56. The Kier molecular flexibility index (Phi) is 3.10. The van der Waals surface area contributed by atoms with Gasteiger partial charge in [0.25, 0.3) is 0 Å². The van der Waals surface area contributed by atoms with Crippen molar-refractivity contribution in [1.29, 1.82) is 0 Å². The van der Waals surface area contributed by atoms with E-state index in [1.54, 1.807) is 4.90 Å². The third kappa shape index (κ3) is 2.28. The van der Waals surface area contributed by atoms with Crippen molar-refractivity contribution in [3.05, 3.63) is 0 Å². The van der Waals surface area contributed by atoms with E-state index in [1.165, 1.54) is 12.8 Å². The molecule has 1 amide bonds. The van der Waals surface area contributed by atoms with Crippen LogP contribution in [0.2, 0.25) is 0 Å². The van der Waals surface area contributed by atoms with Crippen LogP contribution in [0.25, 0.3) is 0 Å². The summed E-state index contributed by atoms with van der Waals surface area (Å²) in [4.78, 5) is 12.9. The van der Waals surface area contributed by atoms with E-state index in [9.17, 15) is 9.90 Å². The van der Waals surface area contributed by atoms with Crippen molar-refractivity contribution in [3.8, 4) is 0 Å². The van der Waals surface area contributed by atoms with Gasteiger partial charge in [-0.1, -0.05) is 20.8 Å². The van der Waals surface area contributed by atoms with Gasteiger partial charge < -0.3 is 15.3 Å². The number of fused-ring (bicyclic) bond motifs is 2. The van der Waals surface area contributed by atoms with Crippen LogP contribution in [-0.2, 0) is 0 Å². The number of amides is 1. The lowest BCUT2D eigenvalue weighted by atomic mass is 9.68. The number of rotatable bonds is 0. The van der Waals surface area contributed by atoms with Crippen LogP contribution >= 0.6 is 0 Å². The third-order valence-corrected chi connectivity index (χ3v) is 4.55. The highest BCUT2D eigenvalue weighted by Crippen LogP contribution is 2.40. The number of nitrogens with one attached hydrogen (secondary N) is 1. The Balaban J connectivity index is 2.29. The minimum Gasteiger partial charge on any atom is -0.465 e. The Labute approximate surface area is 103 Å². The molecule has 0 aromatic carbocycles. The lowest BCUT2D eigenvalue weighted by Crippen LogP contribution is -2.64. The molecular formula is C13H24N2O2. The Morgan fingerprint density at radius 2 is 2.12 bits per heavy atom. The van der Waals surface area contributed by atoms with Crippen LogP contribution in [-0.4, -0.2) is 40.8 Å². The molecule has 0 radical (unpaired) electrons. The molecule has 2 unspecified atom stereocenters. The van der Waals surface area contributed by atoms with Crippen molar-refractivity contribution < 1.29 is 9.90 Å². The predicted molar refractivity (Wildman–Crippen MR) is 67.2 cm³/mol. The zero-order valence-electron chi connectivity index (χ0n) is 11.1. The fraction of sp³-hybridized carbons (Fsp3) is 0.923. The monoisotopic (exact) mass is 240 g/mol. The highest BCUT2D eigenvalue weighted by atomic mass is 16.4. The molecular weight excluding hydrogens is 216 g/mol. The minimum atomic E-state index is -0.775. The van der Waals surface area contributed by atoms with Crippen LogP contribution in [0.5, 0.6) is 0 Å². The molecule has 2 N–H and O–H groups in total. The van der Waals surface area contributed by atoms with Gasteiger partial charge in [-0.3, -0.25) is 0 Å². The van der Waals surface area contributed by atoms with Crippen LogP contribution in [0.4, 0.5) is 4.79 Å². The molecule has 2 heterocycles. The first-order valence-corrected chi connectivity index (χ1v) is 6.60. The van der Waals surface area contributed by atoms with Gasteiger partial charge in [0.2, 0.25) is 0 Å². The Morgan fingerprint density at radius 1 is 1.41 bits per heavy atom. The van der Waals surface area contributed by atoms with E-state index in [2.05, 4.69) is 26.1 Å². The number of nitrogens with zero attached hydrogens (tertiary/aromatic N) is 1. The van der Waals surface area contributed by atoms with Crippen molar-refractivity contribution in [2.45, 2.75) is 58.0 Å². The Bertz CT molecular complexity index is 311. The van der Waals surface area contributed by atoms with E-state index < -0.39 is 6.09 Å². The SMILES string of the molecule is CC(C)(C)C12CCCC(CCN(C(=O)O)C1)N2. The number of hydrogen-bond donors (Lipinski definition) is 2. The van der Waals surface area contributed by atoms with E-state index >= 15 is 0 Å². The van der Waals surface area contributed by atoms with E-state index in [0.29, 0.717) is 19.1 Å². The Hall–Kier alpha value is -0.770. The summed E-state index contributed by atoms with van der Waals surface area (Å²) in [7, 11) is 0. The first kappa shape index (κ1) is 12.7. The number of carboxylic acid groups (broad SMARTS) is 1. The van der Waals surface area contributed by atoms with Gasteiger partial charge in [-0.05, 0) is 31.1 Å². The highest BCUT2D eigenvalue weighted by Gasteiger charge is 2.48. The number of piperidine rings is 1. The molecule has 2 aliphatic heterocycles. The second-order valence-corrected chi connectivity index (χ2v) is 6.56. The van der Waals surface area contributed by atoms with Gasteiger partial charge in [0.1, 0.15) is 0 Å². The van der Waals surface area contributed by atoms with Crippen molar-refractivity contribution in [2.24, 2.45) is 5.41 Å².